The molecular weight excluding hydrogens is 264 g/mol. The van der Waals surface area contributed by atoms with Gasteiger partial charge in [0, 0.05) is 34.5 Å². The van der Waals surface area contributed by atoms with E-state index in [4.69, 9.17) is 4.74 Å². The molecule has 2 N–H and O–H groups in total. The minimum Gasteiger partial charge on any atom is -0.383 e. The van der Waals surface area contributed by atoms with Gasteiger partial charge in [-0.05, 0) is 37.0 Å². The molecule has 0 atom stereocenters. The first kappa shape index (κ1) is 14.0. The molecule has 0 amide bonds. The van der Waals surface area contributed by atoms with Crippen LogP contribution in [0, 0.1) is 0 Å². The summed E-state index contributed by atoms with van der Waals surface area (Å²) < 4.78 is 7.80. The second-order valence-corrected chi connectivity index (χ2v) is 6.25. The minimum absolute atomic E-state index is 0.791. The first-order chi connectivity index (χ1) is 8.90. The molecule has 0 aliphatic rings. The van der Waals surface area contributed by atoms with Crippen LogP contribution < -0.4 is 10.6 Å². The highest BCUT2D eigenvalue weighted by atomic mass is 32.1. The molecule has 0 spiro atoms. The van der Waals surface area contributed by atoms with Crippen LogP contribution in [0.5, 0.6) is 0 Å². The zero-order valence-electron chi connectivity index (χ0n) is 10.7. The van der Waals surface area contributed by atoms with E-state index in [9.17, 15) is 0 Å². The van der Waals surface area contributed by atoms with Crippen LogP contribution in [-0.4, -0.2) is 33.4 Å². The van der Waals surface area contributed by atoms with Gasteiger partial charge in [-0.25, -0.2) is 0 Å². The number of ether oxygens (including phenoxy) is 1. The lowest BCUT2D eigenvalue weighted by Gasteiger charge is -2.04. The Morgan fingerprint density at radius 1 is 1.17 bits per heavy atom. The summed E-state index contributed by atoms with van der Waals surface area (Å²) in [6.45, 7) is 4.84. The summed E-state index contributed by atoms with van der Waals surface area (Å²) in [6.07, 6.45) is 1.16. The molecule has 2 rings (SSSR count). The summed E-state index contributed by atoms with van der Waals surface area (Å²) >= 11 is 3.72. The summed E-state index contributed by atoms with van der Waals surface area (Å²) in [5.41, 5.74) is 0. The van der Waals surface area contributed by atoms with Gasteiger partial charge in [0.05, 0.1) is 6.61 Å². The Morgan fingerprint density at radius 3 is 2.89 bits per heavy atom. The van der Waals surface area contributed by atoms with Gasteiger partial charge in [-0.1, -0.05) is 0 Å². The van der Waals surface area contributed by atoms with Gasteiger partial charge >= 0.3 is 0 Å². The van der Waals surface area contributed by atoms with Gasteiger partial charge in [-0.3, -0.25) is 0 Å². The number of fused-ring (bicyclic) bond motifs is 1. The molecule has 0 saturated carbocycles. The Bertz CT molecular complexity index is 424. The summed E-state index contributed by atoms with van der Waals surface area (Å²) in [5.74, 6) is 0. The van der Waals surface area contributed by atoms with Gasteiger partial charge < -0.3 is 15.4 Å². The first-order valence-electron chi connectivity index (χ1n) is 6.26. The first-order valence-corrected chi connectivity index (χ1v) is 7.96. The number of rotatable bonds is 9. The monoisotopic (exact) mass is 284 g/mol. The molecule has 0 radical (unpaired) electrons. The largest absolute Gasteiger partial charge is 0.383 e. The maximum Gasteiger partial charge on any atom is 0.0587 e. The SMILES string of the molecule is COCCNCCCNCc1cc2sccc2s1. The van der Waals surface area contributed by atoms with Crippen molar-refractivity contribution in [2.45, 2.75) is 13.0 Å². The van der Waals surface area contributed by atoms with Gasteiger partial charge in [0.25, 0.3) is 0 Å². The van der Waals surface area contributed by atoms with E-state index < -0.39 is 0 Å². The van der Waals surface area contributed by atoms with Gasteiger partial charge in [0.15, 0.2) is 0 Å². The van der Waals surface area contributed by atoms with E-state index in [1.807, 2.05) is 22.7 Å². The number of hydrogen-bond donors (Lipinski definition) is 2. The van der Waals surface area contributed by atoms with Crippen molar-refractivity contribution in [1.82, 2.24) is 10.6 Å². The molecule has 2 heterocycles. The normalized spacial score (nSPS) is 11.4. The van der Waals surface area contributed by atoms with E-state index in [1.54, 1.807) is 7.11 Å². The molecule has 0 unspecified atom stereocenters. The summed E-state index contributed by atoms with van der Waals surface area (Å²) in [6, 6.07) is 4.50. The van der Waals surface area contributed by atoms with Crippen molar-refractivity contribution in [2.24, 2.45) is 0 Å². The van der Waals surface area contributed by atoms with E-state index in [1.165, 1.54) is 14.3 Å². The Labute approximate surface area is 116 Å². The standard InChI is InChI=1S/C13H20N2OS2/c1-16-7-6-14-4-2-5-15-10-11-9-13-12(18-11)3-8-17-13/h3,8-9,14-15H,2,4-7,10H2,1H3. The number of thiophene rings is 2. The molecular formula is C13H20N2OS2. The predicted molar refractivity (Wildman–Crippen MR) is 80.8 cm³/mol. The molecule has 2 aromatic rings. The van der Waals surface area contributed by atoms with Gasteiger partial charge in [-0.15, -0.1) is 22.7 Å². The highest BCUT2D eigenvalue weighted by molar-refractivity contribution is 7.26. The lowest BCUT2D eigenvalue weighted by atomic mass is 10.4. The van der Waals surface area contributed by atoms with Crippen molar-refractivity contribution in [3.05, 3.63) is 22.4 Å². The van der Waals surface area contributed by atoms with E-state index in [2.05, 4.69) is 28.1 Å². The van der Waals surface area contributed by atoms with Crippen molar-refractivity contribution >= 4 is 32.1 Å². The van der Waals surface area contributed by atoms with E-state index >= 15 is 0 Å². The van der Waals surface area contributed by atoms with Crippen LogP contribution >= 0.6 is 22.7 Å². The van der Waals surface area contributed by atoms with Gasteiger partial charge in [-0.2, -0.15) is 0 Å². The number of nitrogens with one attached hydrogen (secondary N) is 2. The highest BCUT2D eigenvalue weighted by Gasteiger charge is 2.01. The number of methoxy groups -OCH3 is 1. The van der Waals surface area contributed by atoms with Crippen LogP contribution in [0.15, 0.2) is 17.5 Å². The highest BCUT2D eigenvalue weighted by Crippen LogP contribution is 2.29. The number of hydrogen-bond acceptors (Lipinski definition) is 5. The topological polar surface area (TPSA) is 33.3 Å². The fourth-order valence-corrected chi connectivity index (χ4v) is 3.86. The van der Waals surface area contributed by atoms with Crippen LogP contribution in [0.3, 0.4) is 0 Å². The Morgan fingerprint density at radius 2 is 2.06 bits per heavy atom. The molecule has 0 aliphatic heterocycles. The maximum absolute atomic E-state index is 4.97. The molecule has 0 bridgehead atoms. The molecule has 0 saturated heterocycles. The van der Waals surface area contributed by atoms with Crippen molar-refractivity contribution < 1.29 is 4.74 Å². The Hall–Kier alpha value is -0.460. The maximum atomic E-state index is 4.97. The third-order valence-electron chi connectivity index (χ3n) is 2.68. The minimum atomic E-state index is 0.791. The van der Waals surface area contributed by atoms with E-state index in [0.29, 0.717) is 0 Å². The average molecular weight is 284 g/mol. The smallest absolute Gasteiger partial charge is 0.0587 e. The van der Waals surface area contributed by atoms with Gasteiger partial charge in [0.1, 0.15) is 0 Å². The quantitative estimate of drug-likeness (QED) is 0.695. The van der Waals surface area contributed by atoms with Crippen LogP contribution in [0.2, 0.25) is 0 Å². The summed E-state index contributed by atoms with van der Waals surface area (Å²) in [4.78, 5) is 1.43. The second kappa shape index (κ2) is 7.86. The zero-order valence-corrected chi connectivity index (χ0v) is 12.3. The van der Waals surface area contributed by atoms with E-state index in [0.717, 1.165) is 39.2 Å². The summed E-state index contributed by atoms with van der Waals surface area (Å²) in [5, 5.41) is 8.99. The second-order valence-electron chi connectivity index (χ2n) is 4.13. The molecule has 18 heavy (non-hydrogen) atoms. The molecule has 0 aromatic carbocycles. The van der Waals surface area contributed by atoms with Crippen LogP contribution in [0.4, 0.5) is 0 Å². The Balaban J connectivity index is 1.54. The molecule has 100 valence electrons. The molecule has 5 heteroatoms. The molecule has 3 nitrogen and oxygen atoms in total. The summed E-state index contributed by atoms with van der Waals surface area (Å²) in [7, 11) is 1.73. The van der Waals surface area contributed by atoms with Crippen LogP contribution in [0.25, 0.3) is 9.40 Å². The van der Waals surface area contributed by atoms with Crippen molar-refractivity contribution in [3.8, 4) is 0 Å². The average Bonchev–Trinajstić information content (AvgIpc) is 2.93. The van der Waals surface area contributed by atoms with Crippen molar-refractivity contribution in [1.29, 1.82) is 0 Å². The predicted octanol–water partition coefficient (Wildman–Crippen LogP) is 2.68. The van der Waals surface area contributed by atoms with E-state index in [-0.39, 0.29) is 0 Å². The zero-order chi connectivity index (χ0) is 12.6. The third kappa shape index (κ3) is 4.33. The fraction of sp³-hybridized carbons (Fsp3) is 0.538. The molecule has 0 fully saturated rings. The van der Waals surface area contributed by atoms with Gasteiger partial charge in [0.2, 0.25) is 0 Å². The molecule has 0 aliphatic carbocycles. The lowest BCUT2D eigenvalue weighted by molar-refractivity contribution is 0.199. The Kier molecular flexibility index (Phi) is 6.10. The molecule has 2 aromatic heterocycles. The third-order valence-corrected chi connectivity index (χ3v) is 4.77. The lowest BCUT2D eigenvalue weighted by Crippen LogP contribution is -2.24. The van der Waals surface area contributed by atoms with Crippen LogP contribution in [-0.2, 0) is 11.3 Å². The van der Waals surface area contributed by atoms with Crippen LogP contribution in [0.1, 0.15) is 11.3 Å². The fourth-order valence-electron chi connectivity index (χ4n) is 1.75. The van der Waals surface area contributed by atoms with Crippen molar-refractivity contribution in [3.63, 3.8) is 0 Å². The van der Waals surface area contributed by atoms with Crippen molar-refractivity contribution in [2.75, 3.05) is 33.4 Å².